The Kier molecular flexibility index (Phi) is 8.03. The van der Waals surface area contributed by atoms with Gasteiger partial charge in [0.2, 0.25) is 10.0 Å². The van der Waals surface area contributed by atoms with E-state index in [1.54, 1.807) is 24.3 Å². The minimum absolute atomic E-state index is 0.144. The molecule has 1 fully saturated rings. The van der Waals surface area contributed by atoms with Crippen LogP contribution < -0.4 is 15.4 Å². The molecule has 1 saturated heterocycles. The van der Waals surface area contributed by atoms with Crippen LogP contribution in [-0.2, 0) is 19.6 Å². The minimum Gasteiger partial charge on any atom is -0.497 e. The molecule has 10 heteroatoms. The second-order valence-electron chi connectivity index (χ2n) is 7.60. The number of nitrogens with zero attached hydrogens (tertiary/aromatic N) is 2. The third-order valence-electron chi connectivity index (χ3n) is 5.50. The zero-order chi connectivity index (χ0) is 23.8. The van der Waals surface area contributed by atoms with Crippen LogP contribution in [0.15, 0.2) is 53.4 Å². The predicted molar refractivity (Wildman–Crippen MR) is 122 cm³/mol. The van der Waals surface area contributed by atoms with E-state index in [-0.39, 0.29) is 28.7 Å². The normalized spacial score (nSPS) is 16.4. The molecule has 3 rings (SSSR count). The second kappa shape index (κ2) is 10.9. The SMILES string of the molecule is COc1ccc(S(=O)(=O)N2CCCC[C@@H]2CCNC(=O)C(=O)Nc2ccccc2C#N)cc1. The van der Waals surface area contributed by atoms with Crippen LogP contribution >= 0.6 is 0 Å². The Morgan fingerprint density at radius 1 is 1.12 bits per heavy atom. The average Bonchev–Trinajstić information content (AvgIpc) is 2.84. The fourth-order valence-corrected chi connectivity index (χ4v) is 5.49. The van der Waals surface area contributed by atoms with Gasteiger partial charge in [-0.05, 0) is 55.7 Å². The summed E-state index contributed by atoms with van der Waals surface area (Å²) in [6, 6.07) is 14.3. The zero-order valence-electron chi connectivity index (χ0n) is 18.3. The van der Waals surface area contributed by atoms with Gasteiger partial charge in [-0.3, -0.25) is 9.59 Å². The molecule has 2 aromatic rings. The molecule has 1 atom stereocenters. The van der Waals surface area contributed by atoms with Gasteiger partial charge >= 0.3 is 11.8 Å². The standard InChI is InChI=1S/C23H26N4O5S/c1-32-19-9-11-20(12-10-19)33(30,31)27-15-5-4-7-18(27)13-14-25-22(28)23(29)26-21-8-3-2-6-17(21)16-24/h2-3,6,8-12,18H,4-5,7,13-15H2,1H3,(H,25,28)(H,26,29)/t18-/m1/s1. The van der Waals surface area contributed by atoms with Crippen molar-refractivity contribution in [1.29, 1.82) is 5.26 Å². The molecule has 0 radical (unpaired) electrons. The number of benzene rings is 2. The molecule has 9 nitrogen and oxygen atoms in total. The number of nitriles is 1. The van der Waals surface area contributed by atoms with Crippen LogP contribution in [-0.4, -0.2) is 50.8 Å². The molecule has 0 unspecified atom stereocenters. The first-order valence-corrected chi connectivity index (χ1v) is 12.0. The van der Waals surface area contributed by atoms with Gasteiger partial charge in [-0.2, -0.15) is 9.57 Å². The number of piperidine rings is 1. The lowest BCUT2D eigenvalue weighted by atomic mass is 10.0. The first-order chi connectivity index (χ1) is 15.9. The molecule has 0 aromatic heterocycles. The molecule has 0 saturated carbocycles. The number of nitrogens with one attached hydrogen (secondary N) is 2. The summed E-state index contributed by atoms with van der Waals surface area (Å²) in [5.74, 6) is -1.16. The van der Waals surface area contributed by atoms with Gasteiger partial charge in [0, 0.05) is 19.1 Å². The summed E-state index contributed by atoms with van der Waals surface area (Å²) in [5, 5.41) is 14.1. The van der Waals surface area contributed by atoms with Gasteiger partial charge in [-0.15, -0.1) is 0 Å². The second-order valence-corrected chi connectivity index (χ2v) is 9.49. The first-order valence-electron chi connectivity index (χ1n) is 10.6. The number of rotatable bonds is 7. The molecule has 1 aliphatic heterocycles. The maximum Gasteiger partial charge on any atom is 0.313 e. The van der Waals surface area contributed by atoms with Crippen LogP contribution in [0.25, 0.3) is 0 Å². The van der Waals surface area contributed by atoms with Crippen LogP contribution in [0.3, 0.4) is 0 Å². The molecule has 0 bridgehead atoms. The maximum absolute atomic E-state index is 13.2. The summed E-state index contributed by atoms with van der Waals surface area (Å²) in [4.78, 5) is 24.6. The monoisotopic (exact) mass is 470 g/mol. The number of amides is 2. The van der Waals surface area contributed by atoms with E-state index in [4.69, 9.17) is 10.00 Å². The van der Waals surface area contributed by atoms with Gasteiger partial charge in [0.15, 0.2) is 0 Å². The number of hydrogen-bond donors (Lipinski definition) is 2. The topological polar surface area (TPSA) is 129 Å². The van der Waals surface area contributed by atoms with E-state index in [0.717, 1.165) is 12.8 Å². The minimum atomic E-state index is -3.70. The quantitative estimate of drug-likeness (QED) is 0.597. The molecule has 2 amide bonds. The lowest BCUT2D eigenvalue weighted by Crippen LogP contribution is -2.45. The van der Waals surface area contributed by atoms with Crippen LogP contribution in [0, 0.1) is 11.3 Å². The summed E-state index contributed by atoms with van der Waals surface area (Å²) in [7, 11) is -2.18. The van der Waals surface area contributed by atoms with Crippen molar-refractivity contribution >= 4 is 27.5 Å². The van der Waals surface area contributed by atoms with Gasteiger partial charge in [0.1, 0.15) is 11.8 Å². The summed E-state index contributed by atoms with van der Waals surface area (Å²) in [6.07, 6.45) is 2.70. The number of methoxy groups -OCH3 is 1. The number of para-hydroxylation sites is 1. The Morgan fingerprint density at radius 3 is 2.55 bits per heavy atom. The van der Waals surface area contributed by atoms with Crippen molar-refractivity contribution in [3.63, 3.8) is 0 Å². The van der Waals surface area contributed by atoms with E-state index in [1.807, 2.05) is 6.07 Å². The van der Waals surface area contributed by atoms with E-state index in [0.29, 0.717) is 25.1 Å². The smallest absolute Gasteiger partial charge is 0.313 e. The molecule has 0 aliphatic carbocycles. The number of carbonyl (C=O) groups is 2. The zero-order valence-corrected chi connectivity index (χ0v) is 19.1. The van der Waals surface area contributed by atoms with Crippen molar-refractivity contribution < 1.29 is 22.7 Å². The van der Waals surface area contributed by atoms with E-state index in [9.17, 15) is 18.0 Å². The summed E-state index contributed by atoms with van der Waals surface area (Å²) < 4.78 is 32.9. The van der Waals surface area contributed by atoms with Crippen molar-refractivity contribution in [2.75, 3.05) is 25.5 Å². The molecular weight excluding hydrogens is 444 g/mol. The lowest BCUT2D eigenvalue weighted by molar-refractivity contribution is -0.136. The molecule has 2 aromatic carbocycles. The number of ether oxygens (including phenoxy) is 1. The average molecular weight is 471 g/mol. The molecule has 33 heavy (non-hydrogen) atoms. The van der Waals surface area contributed by atoms with Crippen LogP contribution in [0.5, 0.6) is 5.75 Å². The summed E-state index contributed by atoms with van der Waals surface area (Å²) in [6.45, 7) is 0.545. The highest BCUT2D eigenvalue weighted by Gasteiger charge is 2.33. The van der Waals surface area contributed by atoms with Crippen LogP contribution in [0.1, 0.15) is 31.2 Å². The Labute approximate surface area is 193 Å². The van der Waals surface area contributed by atoms with Crippen molar-refractivity contribution in [2.24, 2.45) is 0 Å². The van der Waals surface area contributed by atoms with Crippen LogP contribution in [0.4, 0.5) is 5.69 Å². The molecule has 1 heterocycles. The van der Waals surface area contributed by atoms with Crippen molar-refractivity contribution in [3.05, 3.63) is 54.1 Å². The molecule has 2 N–H and O–H groups in total. The van der Waals surface area contributed by atoms with Crippen molar-refractivity contribution in [2.45, 2.75) is 36.6 Å². The number of hydrogen-bond acceptors (Lipinski definition) is 6. The highest BCUT2D eigenvalue weighted by Crippen LogP contribution is 2.28. The summed E-state index contributed by atoms with van der Waals surface area (Å²) >= 11 is 0. The number of anilines is 1. The van der Waals surface area contributed by atoms with Crippen LogP contribution in [0.2, 0.25) is 0 Å². The van der Waals surface area contributed by atoms with Crippen molar-refractivity contribution in [1.82, 2.24) is 9.62 Å². The Balaban J connectivity index is 1.59. The third-order valence-corrected chi connectivity index (χ3v) is 7.47. The Hall–Kier alpha value is -3.42. The third kappa shape index (κ3) is 5.88. The summed E-state index contributed by atoms with van der Waals surface area (Å²) in [5.41, 5.74) is 0.504. The fraction of sp³-hybridized carbons (Fsp3) is 0.348. The fourth-order valence-electron chi connectivity index (χ4n) is 3.76. The lowest BCUT2D eigenvalue weighted by Gasteiger charge is -2.34. The maximum atomic E-state index is 13.2. The van der Waals surface area contributed by atoms with E-state index in [1.165, 1.54) is 35.7 Å². The van der Waals surface area contributed by atoms with Crippen molar-refractivity contribution in [3.8, 4) is 11.8 Å². The molecule has 0 spiro atoms. The molecule has 1 aliphatic rings. The van der Waals surface area contributed by atoms with Gasteiger partial charge in [0.05, 0.1) is 23.3 Å². The Morgan fingerprint density at radius 2 is 1.85 bits per heavy atom. The molecular formula is C23H26N4O5S. The van der Waals surface area contributed by atoms with E-state index in [2.05, 4.69) is 10.6 Å². The van der Waals surface area contributed by atoms with Gasteiger partial charge in [0.25, 0.3) is 0 Å². The number of sulfonamides is 1. The van der Waals surface area contributed by atoms with E-state index < -0.39 is 21.8 Å². The van der Waals surface area contributed by atoms with Gasteiger partial charge in [-0.1, -0.05) is 18.6 Å². The van der Waals surface area contributed by atoms with Gasteiger partial charge in [-0.25, -0.2) is 8.42 Å². The Bertz CT molecular complexity index is 1140. The number of carbonyl (C=O) groups excluding carboxylic acids is 2. The first kappa shape index (κ1) is 24.2. The van der Waals surface area contributed by atoms with Gasteiger partial charge < -0.3 is 15.4 Å². The molecule has 174 valence electrons. The highest BCUT2D eigenvalue weighted by molar-refractivity contribution is 7.89. The largest absolute Gasteiger partial charge is 0.497 e. The van der Waals surface area contributed by atoms with E-state index >= 15 is 0 Å². The highest BCUT2D eigenvalue weighted by atomic mass is 32.2. The predicted octanol–water partition coefficient (Wildman–Crippen LogP) is 2.26.